The Bertz CT molecular complexity index is 105. The molecule has 0 saturated heterocycles. The highest BCUT2D eigenvalue weighted by atomic mass is 16.3. The Hall–Kier alpha value is -0.0800. The Morgan fingerprint density at radius 3 is 1.64 bits per heavy atom. The van der Waals surface area contributed by atoms with Crippen LogP contribution in [0.25, 0.3) is 0 Å². The number of aliphatic hydroxyl groups is 1. The number of unbranched alkanes of at least 4 members (excludes halogenated alkanes) is 4. The molecule has 1 unspecified atom stereocenters. The van der Waals surface area contributed by atoms with E-state index in [0.29, 0.717) is 0 Å². The van der Waals surface area contributed by atoms with Crippen LogP contribution in [0.4, 0.5) is 0 Å². The molecule has 86 valence electrons. The molecule has 2 nitrogen and oxygen atoms in total. The molecule has 0 amide bonds. The van der Waals surface area contributed by atoms with Gasteiger partial charge in [-0.05, 0) is 19.8 Å². The van der Waals surface area contributed by atoms with E-state index >= 15 is 0 Å². The molecule has 0 aromatic carbocycles. The van der Waals surface area contributed by atoms with E-state index in [-0.39, 0.29) is 6.23 Å². The Morgan fingerprint density at radius 2 is 1.36 bits per heavy atom. The molecule has 0 radical (unpaired) electrons. The molecule has 1 N–H and O–H groups in total. The first kappa shape index (κ1) is 13.9. The highest BCUT2D eigenvalue weighted by Crippen LogP contribution is 2.05. The summed E-state index contributed by atoms with van der Waals surface area (Å²) in [5.41, 5.74) is 0. The average molecular weight is 201 g/mol. The summed E-state index contributed by atoms with van der Waals surface area (Å²) in [6.45, 7) is 8.40. The molecular formula is C12H27NO. The van der Waals surface area contributed by atoms with Crippen LogP contribution in [-0.2, 0) is 0 Å². The van der Waals surface area contributed by atoms with Crippen molar-refractivity contribution >= 4 is 0 Å². The molecule has 0 bridgehead atoms. The second kappa shape index (κ2) is 9.47. The molecule has 0 aliphatic rings. The third-order valence-corrected chi connectivity index (χ3v) is 2.63. The molecule has 0 aliphatic carbocycles. The Labute approximate surface area is 89.3 Å². The fraction of sp³-hybridized carbons (Fsp3) is 1.00. The van der Waals surface area contributed by atoms with Gasteiger partial charge in [-0.15, -0.1) is 0 Å². The Kier molecular flexibility index (Phi) is 9.42. The van der Waals surface area contributed by atoms with Crippen molar-refractivity contribution in [1.82, 2.24) is 4.90 Å². The predicted octanol–water partition coefficient (Wildman–Crippen LogP) is 3.01. The fourth-order valence-electron chi connectivity index (χ4n) is 1.62. The molecular weight excluding hydrogens is 174 g/mol. The van der Waals surface area contributed by atoms with Crippen LogP contribution in [0.1, 0.15) is 59.3 Å². The number of hydrogen-bond donors (Lipinski definition) is 1. The smallest absolute Gasteiger partial charge is 0.104 e. The average Bonchev–Trinajstić information content (AvgIpc) is 2.15. The van der Waals surface area contributed by atoms with Gasteiger partial charge in [-0.25, -0.2) is 0 Å². The van der Waals surface area contributed by atoms with Gasteiger partial charge in [-0.2, -0.15) is 0 Å². The lowest BCUT2D eigenvalue weighted by Crippen LogP contribution is -2.34. The van der Waals surface area contributed by atoms with Crippen LogP contribution in [0, 0.1) is 0 Å². The van der Waals surface area contributed by atoms with Gasteiger partial charge in [0.1, 0.15) is 6.23 Å². The number of aliphatic hydroxyl groups excluding tert-OH is 1. The molecule has 2 heteroatoms. The van der Waals surface area contributed by atoms with Gasteiger partial charge in [0, 0.05) is 13.1 Å². The highest BCUT2D eigenvalue weighted by molar-refractivity contribution is 4.58. The van der Waals surface area contributed by atoms with E-state index in [1.807, 2.05) is 6.92 Å². The normalized spacial score (nSPS) is 13.5. The van der Waals surface area contributed by atoms with E-state index in [1.165, 1.54) is 38.5 Å². The van der Waals surface area contributed by atoms with Crippen molar-refractivity contribution in [3.63, 3.8) is 0 Å². The van der Waals surface area contributed by atoms with Gasteiger partial charge in [0.2, 0.25) is 0 Å². The summed E-state index contributed by atoms with van der Waals surface area (Å²) in [6, 6.07) is 0. The summed E-state index contributed by atoms with van der Waals surface area (Å²) in [6.07, 6.45) is 7.21. The SMILES string of the molecule is CCCCCN(CCCCC)C(C)O. The highest BCUT2D eigenvalue weighted by Gasteiger charge is 2.08. The first-order valence-electron chi connectivity index (χ1n) is 6.14. The van der Waals surface area contributed by atoms with E-state index in [2.05, 4.69) is 18.7 Å². The minimum atomic E-state index is -0.274. The zero-order chi connectivity index (χ0) is 10.8. The van der Waals surface area contributed by atoms with Crippen molar-refractivity contribution in [2.45, 2.75) is 65.5 Å². The van der Waals surface area contributed by atoms with Crippen molar-refractivity contribution in [2.24, 2.45) is 0 Å². The second-order valence-electron chi connectivity index (χ2n) is 4.08. The maximum Gasteiger partial charge on any atom is 0.104 e. The summed E-state index contributed by atoms with van der Waals surface area (Å²) >= 11 is 0. The zero-order valence-electron chi connectivity index (χ0n) is 10.1. The van der Waals surface area contributed by atoms with Gasteiger partial charge >= 0.3 is 0 Å². The van der Waals surface area contributed by atoms with E-state index in [1.54, 1.807) is 0 Å². The van der Waals surface area contributed by atoms with Gasteiger partial charge in [-0.1, -0.05) is 39.5 Å². The number of rotatable bonds is 9. The maximum atomic E-state index is 9.54. The quantitative estimate of drug-likeness (QED) is 0.458. The fourth-order valence-corrected chi connectivity index (χ4v) is 1.62. The predicted molar refractivity (Wildman–Crippen MR) is 62.3 cm³/mol. The van der Waals surface area contributed by atoms with Crippen molar-refractivity contribution in [3.8, 4) is 0 Å². The van der Waals surface area contributed by atoms with Gasteiger partial charge in [0.15, 0.2) is 0 Å². The molecule has 14 heavy (non-hydrogen) atoms. The molecule has 0 aromatic rings. The van der Waals surface area contributed by atoms with Crippen LogP contribution in [0.5, 0.6) is 0 Å². The molecule has 0 saturated carbocycles. The van der Waals surface area contributed by atoms with E-state index in [9.17, 15) is 5.11 Å². The lowest BCUT2D eigenvalue weighted by Gasteiger charge is -2.25. The minimum Gasteiger partial charge on any atom is -0.379 e. The Morgan fingerprint density at radius 1 is 0.929 bits per heavy atom. The van der Waals surface area contributed by atoms with Crippen LogP contribution in [-0.4, -0.2) is 29.3 Å². The van der Waals surface area contributed by atoms with Gasteiger partial charge in [0.25, 0.3) is 0 Å². The maximum absolute atomic E-state index is 9.54. The minimum absolute atomic E-state index is 0.274. The standard InChI is InChI=1S/C12H27NO/c1-4-6-8-10-13(12(3)14)11-9-7-5-2/h12,14H,4-11H2,1-3H3. The summed E-state index contributed by atoms with van der Waals surface area (Å²) in [5, 5.41) is 9.54. The lowest BCUT2D eigenvalue weighted by atomic mass is 10.2. The molecule has 0 aromatic heterocycles. The first-order valence-corrected chi connectivity index (χ1v) is 6.14. The van der Waals surface area contributed by atoms with Crippen molar-refractivity contribution in [1.29, 1.82) is 0 Å². The molecule has 0 fully saturated rings. The topological polar surface area (TPSA) is 23.5 Å². The van der Waals surface area contributed by atoms with E-state index < -0.39 is 0 Å². The molecule has 0 rings (SSSR count). The Balaban J connectivity index is 3.55. The largest absolute Gasteiger partial charge is 0.379 e. The van der Waals surface area contributed by atoms with E-state index in [0.717, 1.165) is 13.1 Å². The van der Waals surface area contributed by atoms with E-state index in [4.69, 9.17) is 0 Å². The lowest BCUT2D eigenvalue weighted by molar-refractivity contribution is 0.0164. The summed E-state index contributed by atoms with van der Waals surface area (Å²) < 4.78 is 0. The van der Waals surface area contributed by atoms with Crippen molar-refractivity contribution < 1.29 is 5.11 Å². The van der Waals surface area contributed by atoms with Crippen LogP contribution < -0.4 is 0 Å². The zero-order valence-corrected chi connectivity index (χ0v) is 10.1. The second-order valence-corrected chi connectivity index (χ2v) is 4.08. The molecule has 0 spiro atoms. The van der Waals surface area contributed by atoms with Crippen LogP contribution in [0.15, 0.2) is 0 Å². The van der Waals surface area contributed by atoms with Gasteiger partial charge in [-0.3, -0.25) is 4.90 Å². The number of hydrogen-bond acceptors (Lipinski definition) is 2. The van der Waals surface area contributed by atoms with Crippen LogP contribution >= 0.6 is 0 Å². The van der Waals surface area contributed by atoms with Crippen molar-refractivity contribution in [3.05, 3.63) is 0 Å². The monoisotopic (exact) mass is 201 g/mol. The van der Waals surface area contributed by atoms with Crippen molar-refractivity contribution in [2.75, 3.05) is 13.1 Å². The number of nitrogens with zero attached hydrogens (tertiary/aromatic N) is 1. The summed E-state index contributed by atoms with van der Waals surface area (Å²) in [7, 11) is 0. The molecule has 0 heterocycles. The van der Waals surface area contributed by atoms with Gasteiger partial charge in [0.05, 0.1) is 0 Å². The summed E-state index contributed by atoms with van der Waals surface area (Å²) in [4.78, 5) is 2.19. The first-order chi connectivity index (χ1) is 6.72. The summed E-state index contributed by atoms with van der Waals surface area (Å²) in [5.74, 6) is 0. The van der Waals surface area contributed by atoms with Gasteiger partial charge < -0.3 is 5.11 Å². The molecule has 1 atom stereocenters. The van der Waals surface area contributed by atoms with Crippen LogP contribution in [0.3, 0.4) is 0 Å². The third-order valence-electron chi connectivity index (χ3n) is 2.63. The third kappa shape index (κ3) is 7.34. The molecule has 0 aliphatic heterocycles. The van der Waals surface area contributed by atoms with Crippen LogP contribution in [0.2, 0.25) is 0 Å².